The van der Waals surface area contributed by atoms with Crippen molar-refractivity contribution in [3.8, 4) is 5.75 Å². The van der Waals surface area contributed by atoms with Gasteiger partial charge in [0.2, 0.25) is 0 Å². The van der Waals surface area contributed by atoms with Gasteiger partial charge in [-0.1, -0.05) is 38.3 Å². The van der Waals surface area contributed by atoms with Crippen LogP contribution in [0.15, 0.2) is 24.3 Å². The molecule has 23 heavy (non-hydrogen) atoms. The number of ether oxygens (including phenoxy) is 2. The van der Waals surface area contributed by atoms with E-state index in [1.165, 1.54) is 32.1 Å². The van der Waals surface area contributed by atoms with Crippen molar-refractivity contribution in [2.45, 2.75) is 51.8 Å². The van der Waals surface area contributed by atoms with Crippen LogP contribution in [0.2, 0.25) is 0 Å². The summed E-state index contributed by atoms with van der Waals surface area (Å²) in [5.74, 6) is 2.26. The van der Waals surface area contributed by atoms with Crippen LogP contribution in [-0.2, 0) is 11.3 Å². The van der Waals surface area contributed by atoms with Gasteiger partial charge in [-0.2, -0.15) is 13.2 Å². The van der Waals surface area contributed by atoms with E-state index in [1.807, 2.05) is 0 Å². The predicted molar refractivity (Wildman–Crippen MR) is 83.4 cm³/mol. The summed E-state index contributed by atoms with van der Waals surface area (Å²) in [6.45, 7) is 1.72. The van der Waals surface area contributed by atoms with Crippen LogP contribution < -0.4 is 4.74 Å². The molecule has 0 bridgehead atoms. The standard InChI is InChI=1S/C18H25F3O2/c1-2-14-3-5-16(6-4-14)12-23-17-9-7-15(8-10-17)11-22-13-18(19,20)21/h7-10,14,16H,2-6,11-13H2,1H3. The van der Waals surface area contributed by atoms with Crippen molar-refractivity contribution in [2.24, 2.45) is 11.8 Å². The fraction of sp³-hybridized carbons (Fsp3) is 0.667. The van der Waals surface area contributed by atoms with Gasteiger partial charge in [0.05, 0.1) is 13.2 Å². The Labute approximate surface area is 136 Å². The van der Waals surface area contributed by atoms with E-state index in [0.717, 1.165) is 18.3 Å². The van der Waals surface area contributed by atoms with E-state index in [9.17, 15) is 13.2 Å². The number of alkyl halides is 3. The summed E-state index contributed by atoms with van der Waals surface area (Å²) in [5.41, 5.74) is 0.713. The normalized spacial score (nSPS) is 22.1. The van der Waals surface area contributed by atoms with Gasteiger partial charge in [-0.3, -0.25) is 0 Å². The van der Waals surface area contributed by atoms with Crippen molar-refractivity contribution in [3.63, 3.8) is 0 Å². The topological polar surface area (TPSA) is 18.5 Å². The molecule has 1 aliphatic carbocycles. The predicted octanol–water partition coefficient (Wildman–Crippen LogP) is 5.36. The van der Waals surface area contributed by atoms with Gasteiger partial charge in [0.1, 0.15) is 12.4 Å². The van der Waals surface area contributed by atoms with Crippen molar-refractivity contribution in [3.05, 3.63) is 29.8 Å². The molecular formula is C18H25F3O2. The van der Waals surface area contributed by atoms with E-state index >= 15 is 0 Å². The third-order valence-electron chi connectivity index (χ3n) is 4.49. The summed E-state index contributed by atoms with van der Waals surface area (Å²) < 4.78 is 46.4. The molecule has 0 unspecified atom stereocenters. The molecule has 0 saturated heterocycles. The van der Waals surface area contributed by atoms with Gasteiger partial charge >= 0.3 is 6.18 Å². The van der Waals surface area contributed by atoms with E-state index in [4.69, 9.17) is 4.74 Å². The second kappa shape index (κ2) is 8.57. The number of rotatable bonds is 7. The first-order valence-electron chi connectivity index (χ1n) is 8.32. The SMILES string of the molecule is CCC1CCC(COc2ccc(COCC(F)(F)F)cc2)CC1. The van der Waals surface area contributed by atoms with Crippen molar-refractivity contribution in [2.75, 3.05) is 13.2 Å². The Hall–Kier alpha value is -1.23. The van der Waals surface area contributed by atoms with Gasteiger partial charge in [-0.15, -0.1) is 0 Å². The van der Waals surface area contributed by atoms with Crippen LogP contribution in [0.1, 0.15) is 44.6 Å². The molecule has 0 aromatic heterocycles. The highest BCUT2D eigenvalue weighted by Gasteiger charge is 2.27. The van der Waals surface area contributed by atoms with E-state index < -0.39 is 12.8 Å². The van der Waals surface area contributed by atoms with Crippen LogP contribution in [0.5, 0.6) is 5.75 Å². The largest absolute Gasteiger partial charge is 0.493 e. The molecule has 130 valence electrons. The van der Waals surface area contributed by atoms with Crippen LogP contribution >= 0.6 is 0 Å². The Kier molecular flexibility index (Phi) is 6.75. The number of benzene rings is 1. The summed E-state index contributed by atoms with van der Waals surface area (Å²) in [6.07, 6.45) is 2.02. The molecule has 0 spiro atoms. The van der Waals surface area contributed by atoms with E-state index in [0.29, 0.717) is 11.5 Å². The summed E-state index contributed by atoms with van der Waals surface area (Å²) in [5, 5.41) is 0. The minimum absolute atomic E-state index is 0.0409. The Balaban J connectivity index is 1.69. The summed E-state index contributed by atoms with van der Waals surface area (Å²) in [7, 11) is 0. The highest BCUT2D eigenvalue weighted by molar-refractivity contribution is 5.26. The minimum Gasteiger partial charge on any atom is -0.493 e. The van der Waals surface area contributed by atoms with Crippen molar-refractivity contribution >= 4 is 0 Å². The molecule has 2 rings (SSSR count). The Bertz CT molecular complexity index is 448. The zero-order valence-corrected chi connectivity index (χ0v) is 13.6. The molecule has 1 aromatic carbocycles. The zero-order chi connectivity index (χ0) is 16.7. The number of halogens is 3. The second-order valence-corrected chi connectivity index (χ2v) is 6.36. The molecule has 1 aliphatic rings. The quantitative estimate of drug-likeness (QED) is 0.670. The maximum Gasteiger partial charge on any atom is 0.411 e. The van der Waals surface area contributed by atoms with Crippen molar-refractivity contribution < 1.29 is 22.6 Å². The Morgan fingerprint density at radius 1 is 1.00 bits per heavy atom. The lowest BCUT2D eigenvalue weighted by Gasteiger charge is -2.27. The van der Waals surface area contributed by atoms with Gasteiger partial charge in [0.15, 0.2) is 0 Å². The molecule has 1 aromatic rings. The molecule has 0 amide bonds. The molecule has 0 radical (unpaired) electrons. The molecule has 2 nitrogen and oxygen atoms in total. The van der Waals surface area contributed by atoms with Crippen molar-refractivity contribution in [1.82, 2.24) is 0 Å². The first-order valence-corrected chi connectivity index (χ1v) is 8.32. The van der Waals surface area contributed by atoms with Gasteiger partial charge < -0.3 is 9.47 Å². The molecule has 0 atom stereocenters. The van der Waals surface area contributed by atoms with Gasteiger partial charge in [-0.05, 0) is 42.4 Å². The number of hydrogen-bond donors (Lipinski definition) is 0. The van der Waals surface area contributed by atoms with Crippen LogP contribution in [0, 0.1) is 11.8 Å². The smallest absolute Gasteiger partial charge is 0.411 e. The average molecular weight is 330 g/mol. The first kappa shape index (κ1) is 18.1. The minimum atomic E-state index is -4.28. The fourth-order valence-corrected chi connectivity index (χ4v) is 2.99. The lowest BCUT2D eigenvalue weighted by Crippen LogP contribution is -2.19. The maximum absolute atomic E-state index is 12.0. The highest BCUT2D eigenvalue weighted by atomic mass is 19.4. The molecule has 1 saturated carbocycles. The summed E-state index contributed by atoms with van der Waals surface area (Å²) >= 11 is 0. The monoisotopic (exact) mass is 330 g/mol. The highest BCUT2D eigenvalue weighted by Crippen LogP contribution is 2.31. The molecular weight excluding hydrogens is 305 g/mol. The van der Waals surface area contributed by atoms with Crippen molar-refractivity contribution in [1.29, 1.82) is 0 Å². The van der Waals surface area contributed by atoms with Crippen LogP contribution in [0.3, 0.4) is 0 Å². The first-order chi connectivity index (χ1) is 11.0. The maximum atomic E-state index is 12.0. The third kappa shape index (κ3) is 6.81. The summed E-state index contributed by atoms with van der Waals surface area (Å²) in [4.78, 5) is 0. The zero-order valence-electron chi connectivity index (χ0n) is 13.6. The average Bonchev–Trinajstić information content (AvgIpc) is 2.53. The van der Waals surface area contributed by atoms with Crippen LogP contribution in [-0.4, -0.2) is 19.4 Å². The molecule has 5 heteroatoms. The molecule has 0 N–H and O–H groups in total. The van der Waals surface area contributed by atoms with Gasteiger partial charge in [-0.25, -0.2) is 0 Å². The number of hydrogen-bond acceptors (Lipinski definition) is 2. The van der Waals surface area contributed by atoms with Crippen LogP contribution in [0.4, 0.5) is 13.2 Å². The third-order valence-corrected chi connectivity index (χ3v) is 4.49. The van der Waals surface area contributed by atoms with Crippen LogP contribution in [0.25, 0.3) is 0 Å². The van der Waals surface area contributed by atoms with E-state index in [2.05, 4.69) is 11.7 Å². The Morgan fingerprint density at radius 3 is 2.17 bits per heavy atom. The second-order valence-electron chi connectivity index (χ2n) is 6.36. The van der Waals surface area contributed by atoms with Gasteiger partial charge in [0.25, 0.3) is 0 Å². The lowest BCUT2D eigenvalue weighted by molar-refractivity contribution is -0.176. The summed E-state index contributed by atoms with van der Waals surface area (Å²) in [6, 6.07) is 7.09. The molecule has 0 heterocycles. The molecule has 0 aliphatic heterocycles. The van der Waals surface area contributed by atoms with E-state index in [-0.39, 0.29) is 6.61 Å². The van der Waals surface area contributed by atoms with E-state index in [1.54, 1.807) is 24.3 Å². The molecule has 1 fully saturated rings. The lowest BCUT2D eigenvalue weighted by atomic mass is 9.81. The Morgan fingerprint density at radius 2 is 1.61 bits per heavy atom. The fourth-order valence-electron chi connectivity index (χ4n) is 2.99. The van der Waals surface area contributed by atoms with Gasteiger partial charge in [0, 0.05) is 0 Å².